The van der Waals surface area contributed by atoms with E-state index < -0.39 is 0 Å². The molecule has 0 aromatic carbocycles. The molecule has 3 fully saturated rings. The van der Waals surface area contributed by atoms with Gasteiger partial charge in [0.1, 0.15) is 0 Å². The number of amides is 1. The Balaban J connectivity index is 0.00000161. The fourth-order valence-corrected chi connectivity index (χ4v) is 3.88. The number of nitrogens with zero attached hydrogens (tertiary/aromatic N) is 2. The molecule has 3 rings (SSSR count). The van der Waals surface area contributed by atoms with E-state index in [2.05, 4.69) is 20.5 Å². The van der Waals surface area contributed by atoms with Crippen LogP contribution in [0.2, 0.25) is 0 Å². The van der Waals surface area contributed by atoms with Crippen molar-refractivity contribution in [2.45, 2.75) is 31.5 Å². The summed E-state index contributed by atoms with van der Waals surface area (Å²) in [6, 6.07) is 0. The smallest absolute Gasteiger partial charge is 0.221 e. The van der Waals surface area contributed by atoms with Gasteiger partial charge in [-0.05, 0) is 12.8 Å². The fraction of sp³-hybridized carbons (Fsp3) is 0.857. The molecule has 3 aliphatic rings. The van der Waals surface area contributed by atoms with E-state index in [1.807, 2.05) is 0 Å². The van der Waals surface area contributed by atoms with Crippen molar-refractivity contribution in [3.8, 4) is 0 Å². The highest BCUT2D eigenvalue weighted by Gasteiger charge is 2.53. The third-order valence-corrected chi connectivity index (χ3v) is 4.88. The Bertz CT molecular complexity index is 400. The Kier molecular flexibility index (Phi) is 5.70. The summed E-state index contributed by atoms with van der Waals surface area (Å²) in [5, 5.41) is 5.92. The van der Waals surface area contributed by atoms with Gasteiger partial charge in [0.15, 0.2) is 5.96 Å². The number of rotatable bonds is 3. The van der Waals surface area contributed by atoms with Gasteiger partial charge in [-0.25, -0.2) is 0 Å². The van der Waals surface area contributed by atoms with Gasteiger partial charge < -0.3 is 20.3 Å². The van der Waals surface area contributed by atoms with Crippen molar-refractivity contribution >= 4 is 35.8 Å². The maximum Gasteiger partial charge on any atom is 0.221 e. The number of hydrogen-bond acceptors (Lipinski definition) is 3. The molecule has 3 aliphatic heterocycles. The lowest BCUT2D eigenvalue weighted by molar-refractivity contribution is -0.120. The number of carbonyl (C=O) groups excluding carboxylic acids is 1. The van der Waals surface area contributed by atoms with Gasteiger partial charge in [-0.3, -0.25) is 9.79 Å². The second-order valence-electron chi connectivity index (χ2n) is 5.92. The highest BCUT2D eigenvalue weighted by atomic mass is 127. The Labute approximate surface area is 143 Å². The monoisotopic (exact) mass is 408 g/mol. The minimum Gasteiger partial charge on any atom is -0.374 e. The quantitative estimate of drug-likeness (QED) is 0.404. The van der Waals surface area contributed by atoms with Crippen LogP contribution in [0, 0.1) is 11.8 Å². The average molecular weight is 408 g/mol. The second-order valence-corrected chi connectivity index (χ2v) is 5.92. The van der Waals surface area contributed by atoms with E-state index in [4.69, 9.17) is 4.74 Å². The Morgan fingerprint density at radius 1 is 1.29 bits per heavy atom. The number of guanidine groups is 1. The molecule has 7 heteroatoms. The molecule has 0 saturated carbocycles. The molecule has 0 aromatic heterocycles. The van der Waals surface area contributed by atoms with Gasteiger partial charge in [-0.2, -0.15) is 0 Å². The molecule has 0 aromatic rings. The summed E-state index contributed by atoms with van der Waals surface area (Å²) in [5.74, 6) is 2.32. The van der Waals surface area contributed by atoms with Gasteiger partial charge in [0.2, 0.25) is 5.91 Å². The molecule has 2 bridgehead atoms. The zero-order chi connectivity index (χ0) is 14.1. The van der Waals surface area contributed by atoms with Crippen molar-refractivity contribution in [2.75, 3.05) is 33.7 Å². The average Bonchev–Trinajstić information content (AvgIpc) is 3.14. The second kappa shape index (κ2) is 7.13. The summed E-state index contributed by atoms with van der Waals surface area (Å²) < 4.78 is 5.99. The van der Waals surface area contributed by atoms with E-state index in [-0.39, 0.29) is 29.9 Å². The molecule has 21 heavy (non-hydrogen) atoms. The van der Waals surface area contributed by atoms with E-state index >= 15 is 0 Å². The van der Waals surface area contributed by atoms with E-state index in [1.54, 1.807) is 14.1 Å². The molecule has 120 valence electrons. The fourth-order valence-electron chi connectivity index (χ4n) is 3.88. The first-order chi connectivity index (χ1) is 9.72. The first-order valence-electron chi connectivity index (χ1n) is 7.54. The molecule has 4 unspecified atom stereocenters. The molecule has 2 N–H and O–H groups in total. The largest absolute Gasteiger partial charge is 0.374 e. The number of fused-ring (bicyclic) bond motifs is 5. The lowest BCUT2D eigenvalue weighted by Crippen LogP contribution is -2.42. The Morgan fingerprint density at radius 3 is 2.43 bits per heavy atom. The van der Waals surface area contributed by atoms with Crippen LogP contribution in [0.25, 0.3) is 0 Å². The van der Waals surface area contributed by atoms with Crippen molar-refractivity contribution < 1.29 is 9.53 Å². The minimum absolute atomic E-state index is 0. The number of ether oxygens (including phenoxy) is 1. The van der Waals surface area contributed by atoms with Crippen LogP contribution in [0.5, 0.6) is 0 Å². The first-order valence-corrected chi connectivity index (χ1v) is 7.54. The molecule has 4 atom stereocenters. The number of halogens is 1. The predicted molar refractivity (Wildman–Crippen MR) is 91.9 cm³/mol. The van der Waals surface area contributed by atoms with Crippen molar-refractivity contribution in [1.82, 2.24) is 15.5 Å². The summed E-state index contributed by atoms with van der Waals surface area (Å²) in [6.07, 6.45) is 3.87. The van der Waals surface area contributed by atoms with Crippen LogP contribution in [-0.2, 0) is 9.53 Å². The van der Waals surface area contributed by atoms with Crippen LogP contribution in [0.3, 0.4) is 0 Å². The third kappa shape index (κ3) is 3.28. The minimum atomic E-state index is 0. The summed E-state index contributed by atoms with van der Waals surface area (Å²) in [7, 11) is 3.47. The molecule has 0 radical (unpaired) electrons. The van der Waals surface area contributed by atoms with Crippen LogP contribution < -0.4 is 10.6 Å². The van der Waals surface area contributed by atoms with Crippen LogP contribution in [0.1, 0.15) is 19.3 Å². The predicted octanol–water partition coefficient (Wildman–Crippen LogP) is 0.425. The molecule has 3 saturated heterocycles. The summed E-state index contributed by atoms with van der Waals surface area (Å²) in [5.41, 5.74) is 0. The van der Waals surface area contributed by atoms with E-state index in [1.165, 1.54) is 12.8 Å². The van der Waals surface area contributed by atoms with Crippen molar-refractivity contribution in [2.24, 2.45) is 16.8 Å². The Morgan fingerprint density at radius 2 is 1.90 bits per heavy atom. The molecule has 1 amide bonds. The van der Waals surface area contributed by atoms with Gasteiger partial charge in [-0.1, -0.05) is 0 Å². The molecule has 6 nitrogen and oxygen atoms in total. The zero-order valence-corrected chi connectivity index (χ0v) is 15.0. The molecular weight excluding hydrogens is 383 g/mol. The number of aliphatic imine (C=N–C) groups is 1. The molecular formula is C14H25IN4O2. The summed E-state index contributed by atoms with van der Waals surface area (Å²) in [4.78, 5) is 17.9. The number of carbonyl (C=O) groups is 1. The first kappa shape index (κ1) is 16.8. The van der Waals surface area contributed by atoms with Gasteiger partial charge in [0.25, 0.3) is 0 Å². The zero-order valence-electron chi connectivity index (χ0n) is 12.7. The molecule has 0 aliphatic carbocycles. The molecule has 3 heterocycles. The number of hydrogen-bond donors (Lipinski definition) is 2. The van der Waals surface area contributed by atoms with Crippen LogP contribution in [0.15, 0.2) is 4.99 Å². The maximum atomic E-state index is 11.2. The van der Waals surface area contributed by atoms with Crippen molar-refractivity contribution in [3.05, 3.63) is 0 Å². The van der Waals surface area contributed by atoms with Crippen LogP contribution in [-0.4, -0.2) is 62.7 Å². The lowest BCUT2D eigenvalue weighted by atomic mass is 9.82. The number of likely N-dealkylation sites (tertiary alicyclic amines) is 1. The van der Waals surface area contributed by atoms with E-state index in [0.717, 1.165) is 19.0 Å². The molecule has 0 spiro atoms. The maximum absolute atomic E-state index is 11.2. The summed E-state index contributed by atoms with van der Waals surface area (Å²) in [6.45, 7) is 2.69. The SMILES string of the molecule is CN=C(NCCC(=O)NC)N1CC2C3CCC(O3)C2C1.I. The van der Waals surface area contributed by atoms with E-state index in [0.29, 0.717) is 37.0 Å². The van der Waals surface area contributed by atoms with Gasteiger partial charge >= 0.3 is 0 Å². The highest BCUT2D eigenvalue weighted by molar-refractivity contribution is 14.0. The van der Waals surface area contributed by atoms with Crippen LogP contribution >= 0.6 is 24.0 Å². The van der Waals surface area contributed by atoms with Gasteiger partial charge in [0.05, 0.1) is 12.2 Å². The van der Waals surface area contributed by atoms with Crippen molar-refractivity contribution in [1.29, 1.82) is 0 Å². The normalized spacial score (nSPS) is 33.6. The standard InChI is InChI=1S/C14H24N4O2.HI/c1-15-13(19)5-6-17-14(16-2)18-7-9-10(8-18)12-4-3-11(9)20-12;/h9-12H,3-8H2,1-2H3,(H,15,19)(H,16,17);1H. The third-order valence-electron chi connectivity index (χ3n) is 4.88. The topological polar surface area (TPSA) is 66.0 Å². The van der Waals surface area contributed by atoms with E-state index in [9.17, 15) is 4.79 Å². The van der Waals surface area contributed by atoms with Gasteiger partial charge in [-0.15, -0.1) is 24.0 Å². The van der Waals surface area contributed by atoms with Crippen molar-refractivity contribution in [3.63, 3.8) is 0 Å². The number of nitrogens with one attached hydrogen (secondary N) is 2. The highest BCUT2D eigenvalue weighted by Crippen LogP contribution is 2.47. The van der Waals surface area contributed by atoms with Crippen LogP contribution in [0.4, 0.5) is 0 Å². The Hall–Kier alpha value is -0.570. The van der Waals surface area contributed by atoms with Gasteiger partial charge in [0, 0.05) is 52.0 Å². The summed E-state index contributed by atoms with van der Waals surface area (Å²) >= 11 is 0. The lowest BCUT2D eigenvalue weighted by Gasteiger charge is -2.23.